The third-order valence-electron chi connectivity index (χ3n) is 2.08. The first-order valence-electron chi connectivity index (χ1n) is 4.23. The van der Waals surface area contributed by atoms with Crippen LogP contribution in [0.4, 0.5) is 30.7 Å². The monoisotopic (exact) mass is 261 g/mol. The van der Waals surface area contributed by atoms with Gasteiger partial charge in [0, 0.05) is 5.56 Å². The maximum Gasteiger partial charge on any atom is 0.455 e. The molecule has 0 saturated carbocycles. The molecular weight excluding hydrogens is 255 g/mol. The molecule has 2 N–H and O–H groups in total. The minimum atomic E-state index is -5.98. The first kappa shape index (κ1) is 13.8. The fourth-order valence-electron chi connectivity index (χ4n) is 1.17. The van der Waals surface area contributed by atoms with E-state index in [-0.39, 0.29) is 0 Å². The van der Waals surface area contributed by atoms with Gasteiger partial charge in [-0.2, -0.15) is 22.0 Å². The van der Waals surface area contributed by atoms with Crippen LogP contribution in [-0.4, -0.2) is 12.1 Å². The van der Waals surface area contributed by atoms with Gasteiger partial charge in [-0.05, 0) is 12.1 Å². The molecule has 0 unspecified atom stereocenters. The second kappa shape index (κ2) is 4.17. The van der Waals surface area contributed by atoms with Crippen molar-refractivity contribution in [3.05, 3.63) is 35.4 Å². The fraction of sp³-hybridized carbons (Fsp3) is 0.333. The normalized spacial score (nSPS) is 14.8. The lowest BCUT2D eigenvalue weighted by Crippen LogP contribution is -2.46. The highest BCUT2D eigenvalue weighted by atomic mass is 19.4. The molecule has 0 bridgehead atoms. The molecule has 0 saturated heterocycles. The van der Waals surface area contributed by atoms with Crippen LogP contribution in [0.2, 0.25) is 0 Å². The zero-order chi connectivity index (χ0) is 13.4. The van der Waals surface area contributed by atoms with Gasteiger partial charge in [-0.1, -0.05) is 6.07 Å². The summed E-state index contributed by atoms with van der Waals surface area (Å²) in [5.41, 5.74) is 3.12. The third kappa shape index (κ3) is 2.36. The number of hydrogen-bond donors (Lipinski definition) is 1. The number of rotatable bonds is 2. The van der Waals surface area contributed by atoms with Crippen LogP contribution in [0.1, 0.15) is 11.6 Å². The Bertz CT molecular complexity index is 392. The van der Waals surface area contributed by atoms with Crippen molar-refractivity contribution in [3.8, 4) is 0 Å². The Labute approximate surface area is 91.0 Å². The van der Waals surface area contributed by atoms with E-state index in [0.717, 1.165) is 6.07 Å². The number of alkyl halides is 5. The number of benzene rings is 1. The van der Waals surface area contributed by atoms with Crippen LogP contribution >= 0.6 is 0 Å². The molecule has 1 aromatic rings. The molecule has 0 aliphatic carbocycles. The zero-order valence-electron chi connectivity index (χ0n) is 8.03. The van der Waals surface area contributed by atoms with Gasteiger partial charge in [-0.3, -0.25) is 0 Å². The lowest BCUT2D eigenvalue weighted by molar-refractivity contribution is -0.291. The molecule has 1 aromatic carbocycles. The average Bonchev–Trinajstić information content (AvgIpc) is 2.15. The topological polar surface area (TPSA) is 26.0 Å². The van der Waals surface area contributed by atoms with Crippen LogP contribution in [0, 0.1) is 11.6 Å². The van der Waals surface area contributed by atoms with Crippen molar-refractivity contribution in [2.24, 2.45) is 5.73 Å². The molecule has 0 spiro atoms. The molecule has 8 heteroatoms. The Kier molecular flexibility index (Phi) is 3.37. The number of hydrogen-bond acceptors (Lipinski definition) is 1. The number of halogens is 7. The van der Waals surface area contributed by atoms with Crippen molar-refractivity contribution in [2.45, 2.75) is 18.1 Å². The summed E-state index contributed by atoms with van der Waals surface area (Å²) in [6.07, 6.45) is -5.98. The Morgan fingerprint density at radius 3 is 1.71 bits per heavy atom. The van der Waals surface area contributed by atoms with Gasteiger partial charge in [-0.15, -0.1) is 0 Å². The van der Waals surface area contributed by atoms with Crippen LogP contribution in [0.15, 0.2) is 18.2 Å². The smallest absolute Gasteiger partial charge is 0.319 e. The summed E-state index contributed by atoms with van der Waals surface area (Å²) in [6.45, 7) is 0. The van der Waals surface area contributed by atoms with Gasteiger partial charge in [0.05, 0.1) is 0 Å². The predicted molar refractivity (Wildman–Crippen MR) is 44.3 cm³/mol. The van der Waals surface area contributed by atoms with Crippen LogP contribution in [-0.2, 0) is 0 Å². The minimum absolute atomic E-state index is 0.546. The van der Waals surface area contributed by atoms with Crippen LogP contribution in [0.3, 0.4) is 0 Å². The lowest BCUT2D eigenvalue weighted by Gasteiger charge is -2.26. The molecule has 17 heavy (non-hydrogen) atoms. The van der Waals surface area contributed by atoms with Gasteiger partial charge in [0.2, 0.25) is 0 Å². The van der Waals surface area contributed by atoms with E-state index in [9.17, 15) is 30.7 Å². The van der Waals surface area contributed by atoms with Gasteiger partial charge < -0.3 is 5.73 Å². The molecule has 1 nitrogen and oxygen atoms in total. The summed E-state index contributed by atoms with van der Waals surface area (Å²) >= 11 is 0. The predicted octanol–water partition coefficient (Wildman–Crippen LogP) is 3.16. The molecule has 0 aliphatic rings. The Morgan fingerprint density at radius 1 is 0.941 bits per heavy atom. The molecule has 0 heterocycles. The molecule has 96 valence electrons. The maximum atomic E-state index is 13.0. The summed E-state index contributed by atoms with van der Waals surface area (Å²) in [6, 6.07) is -1.22. The van der Waals surface area contributed by atoms with E-state index >= 15 is 0 Å². The van der Waals surface area contributed by atoms with E-state index in [1.165, 1.54) is 0 Å². The summed E-state index contributed by atoms with van der Waals surface area (Å²) in [5, 5.41) is 0. The largest absolute Gasteiger partial charge is 0.455 e. The van der Waals surface area contributed by atoms with Crippen LogP contribution in [0.5, 0.6) is 0 Å². The molecule has 0 aromatic heterocycles. The first-order valence-corrected chi connectivity index (χ1v) is 4.23. The van der Waals surface area contributed by atoms with Gasteiger partial charge in [0.25, 0.3) is 0 Å². The van der Waals surface area contributed by atoms with E-state index in [1.807, 2.05) is 0 Å². The molecular formula is C9H6F7N. The highest BCUT2D eigenvalue weighted by Crippen LogP contribution is 2.44. The van der Waals surface area contributed by atoms with Gasteiger partial charge in [0.1, 0.15) is 17.7 Å². The molecule has 1 atom stereocenters. The third-order valence-corrected chi connectivity index (χ3v) is 2.08. The standard InChI is InChI=1S/C9H6F7N/c10-4-2-1-3-5(11)6(4)7(17)8(12,13)9(14,15)16/h1-3,7H,17H2/t7-/m0/s1. The Hall–Kier alpha value is -1.31. The molecule has 0 aliphatic heterocycles. The Morgan fingerprint density at radius 2 is 1.35 bits per heavy atom. The highest BCUT2D eigenvalue weighted by molar-refractivity contribution is 5.25. The summed E-state index contributed by atoms with van der Waals surface area (Å²) in [5.74, 6) is -8.53. The molecule has 1 rings (SSSR count). The average molecular weight is 261 g/mol. The summed E-state index contributed by atoms with van der Waals surface area (Å²) in [4.78, 5) is 0. The second-order valence-corrected chi connectivity index (χ2v) is 3.23. The Balaban J connectivity index is 3.26. The van der Waals surface area contributed by atoms with Gasteiger partial charge in [0.15, 0.2) is 0 Å². The zero-order valence-corrected chi connectivity index (χ0v) is 8.03. The van der Waals surface area contributed by atoms with Crippen LogP contribution in [0.25, 0.3) is 0 Å². The highest BCUT2D eigenvalue weighted by Gasteiger charge is 2.62. The van der Waals surface area contributed by atoms with E-state index in [0.29, 0.717) is 12.1 Å². The van der Waals surface area contributed by atoms with Crippen molar-refractivity contribution in [1.82, 2.24) is 0 Å². The quantitative estimate of drug-likeness (QED) is 0.813. The molecule has 0 fully saturated rings. The van der Waals surface area contributed by atoms with Crippen LogP contribution < -0.4 is 5.73 Å². The molecule has 0 radical (unpaired) electrons. The van der Waals surface area contributed by atoms with Gasteiger partial charge in [-0.25, -0.2) is 8.78 Å². The SMILES string of the molecule is N[C@@H](c1c(F)cccc1F)C(F)(F)C(F)(F)F. The van der Waals surface area contributed by atoms with Crippen molar-refractivity contribution in [2.75, 3.05) is 0 Å². The van der Waals surface area contributed by atoms with E-state index in [4.69, 9.17) is 0 Å². The van der Waals surface area contributed by atoms with E-state index in [2.05, 4.69) is 5.73 Å². The fourth-order valence-corrected chi connectivity index (χ4v) is 1.17. The van der Waals surface area contributed by atoms with Crippen molar-refractivity contribution >= 4 is 0 Å². The van der Waals surface area contributed by atoms with Crippen molar-refractivity contribution in [3.63, 3.8) is 0 Å². The van der Waals surface area contributed by atoms with Crippen molar-refractivity contribution < 1.29 is 30.7 Å². The summed E-state index contributed by atoms with van der Waals surface area (Å²) in [7, 11) is 0. The van der Waals surface area contributed by atoms with Crippen molar-refractivity contribution in [1.29, 1.82) is 0 Å². The lowest BCUT2D eigenvalue weighted by atomic mass is 10.00. The maximum absolute atomic E-state index is 13.0. The molecule has 0 amide bonds. The van der Waals surface area contributed by atoms with Gasteiger partial charge >= 0.3 is 12.1 Å². The second-order valence-electron chi connectivity index (χ2n) is 3.23. The summed E-state index contributed by atoms with van der Waals surface area (Å²) < 4.78 is 87.4. The first-order chi connectivity index (χ1) is 7.59. The number of nitrogens with two attached hydrogens (primary N) is 1. The van der Waals surface area contributed by atoms with E-state index < -0.39 is 35.3 Å². The minimum Gasteiger partial charge on any atom is -0.319 e. The van der Waals surface area contributed by atoms with E-state index in [1.54, 1.807) is 0 Å².